The number of anilines is 1. The number of allylic oxidation sites excluding steroid dienone is 1. The number of rotatable bonds is 17. The average Bonchev–Trinajstić information content (AvgIpc) is 3.71. The Morgan fingerprint density at radius 3 is 2.54 bits per heavy atom. The van der Waals surface area contributed by atoms with Crippen LogP contribution in [0.15, 0.2) is 79.9 Å². The van der Waals surface area contributed by atoms with Crippen molar-refractivity contribution in [2.45, 2.75) is 60.4 Å². The molecule has 3 aliphatic heterocycles. The summed E-state index contributed by atoms with van der Waals surface area (Å²) in [6, 6.07) is 13.9. The van der Waals surface area contributed by atoms with Gasteiger partial charge in [-0.3, -0.25) is 19.2 Å². The predicted octanol–water partition coefficient (Wildman–Crippen LogP) is 4.37. The van der Waals surface area contributed by atoms with E-state index in [0.29, 0.717) is 29.1 Å². The third kappa shape index (κ3) is 7.41. The summed E-state index contributed by atoms with van der Waals surface area (Å²) >= 11 is 9.84. The van der Waals surface area contributed by atoms with Crippen LogP contribution in [0.2, 0.25) is 5.02 Å². The van der Waals surface area contributed by atoms with Gasteiger partial charge in [-0.15, -0.1) is 13.2 Å². The van der Waals surface area contributed by atoms with E-state index < -0.39 is 59.5 Å². The lowest BCUT2D eigenvalue weighted by molar-refractivity contribution is -0.163. The molecule has 5 rings (SSSR count). The molecule has 1 spiro atoms. The van der Waals surface area contributed by atoms with Crippen LogP contribution in [0, 0.1) is 11.8 Å². The van der Waals surface area contributed by atoms with Crippen LogP contribution < -0.4 is 10.2 Å². The number of benzene rings is 2. The summed E-state index contributed by atoms with van der Waals surface area (Å²) < 4.78 is 18.4. The topological polar surface area (TPSA) is 135 Å². The van der Waals surface area contributed by atoms with Gasteiger partial charge in [-0.25, -0.2) is 0 Å². The molecular weight excluding hydrogens is 730 g/mol. The van der Waals surface area contributed by atoms with Crippen molar-refractivity contribution >= 4 is 56.9 Å². The number of nitrogens with zero attached hydrogens (tertiary/aromatic N) is 2. The molecule has 3 amide bonds. The van der Waals surface area contributed by atoms with E-state index in [-0.39, 0.29) is 49.9 Å². The zero-order valence-corrected chi connectivity index (χ0v) is 30.3. The fraction of sp³-hybridized carbons (Fsp3) is 0.459. The molecule has 11 nitrogen and oxygen atoms in total. The zero-order valence-electron chi connectivity index (χ0n) is 27.9. The molecule has 50 heavy (non-hydrogen) atoms. The predicted molar refractivity (Wildman–Crippen MR) is 192 cm³/mol. The van der Waals surface area contributed by atoms with Gasteiger partial charge in [0.25, 0.3) is 5.91 Å². The number of hydrogen-bond donors (Lipinski definition) is 2. The molecule has 3 aliphatic rings. The van der Waals surface area contributed by atoms with Gasteiger partial charge in [0.05, 0.1) is 30.6 Å². The Hall–Kier alpha value is -3.55. The molecule has 13 heteroatoms. The van der Waals surface area contributed by atoms with E-state index in [4.69, 9.17) is 25.8 Å². The van der Waals surface area contributed by atoms with Crippen molar-refractivity contribution in [2.75, 3.05) is 38.3 Å². The number of esters is 1. The summed E-state index contributed by atoms with van der Waals surface area (Å²) in [6.45, 7) is 7.57. The molecule has 2 bridgehead atoms. The normalized spacial score (nSPS) is 26.2. The first-order valence-corrected chi connectivity index (χ1v) is 18.0. The van der Waals surface area contributed by atoms with E-state index in [0.717, 1.165) is 0 Å². The molecule has 2 N–H and O–H groups in total. The third-order valence-electron chi connectivity index (χ3n) is 9.57. The standard InChI is InChI=1S/C37H43BrClN3O8/c1-4-6-13-28(44)40-27(22-48-3)31(23-11-8-7-9-12-23)49-36(47)29-30-34(45)42(19-10-20-43)33(37(30)21-26(38)32(29)50-37)35(46)41(18-5-2)25-16-14-24(39)15-17-25/h4-5,7-9,11-12,14-17,26-27,29-33,43H,1-2,6,10,13,18-22H2,3H3,(H,40,44)/t26?,27-,29-,30+,31-,32-,33-,37+/m1/s1. The van der Waals surface area contributed by atoms with Gasteiger partial charge in [0.15, 0.2) is 0 Å². The number of methoxy groups -OCH3 is 1. The minimum Gasteiger partial charge on any atom is -0.455 e. The Balaban J connectivity index is 1.51. The van der Waals surface area contributed by atoms with Crippen LogP contribution in [0.5, 0.6) is 0 Å². The number of amides is 3. The quantitative estimate of drug-likeness (QED) is 0.138. The molecule has 2 aromatic carbocycles. The van der Waals surface area contributed by atoms with Crippen LogP contribution in [0.3, 0.4) is 0 Å². The highest BCUT2D eigenvalue weighted by molar-refractivity contribution is 9.09. The summed E-state index contributed by atoms with van der Waals surface area (Å²) in [5.41, 5.74) is -0.178. The Kier molecular flexibility index (Phi) is 12.6. The summed E-state index contributed by atoms with van der Waals surface area (Å²) in [5, 5.41) is 13.2. The van der Waals surface area contributed by atoms with Gasteiger partial charge in [0.2, 0.25) is 11.8 Å². The largest absolute Gasteiger partial charge is 0.455 e. The van der Waals surface area contributed by atoms with Crippen LogP contribution in [0.1, 0.15) is 37.4 Å². The van der Waals surface area contributed by atoms with Crippen molar-refractivity contribution in [3.63, 3.8) is 0 Å². The summed E-state index contributed by atoms with van der Waals surface area (Å²) in [5.74, 6) is -3.87. The van der Waals surface area contributed by atoms with Crippen molar-refractivity contribution in [3.8, 4) is 0 Å². The van der Waals surface area contributed by atoms with E-state index in [2.05, 4.69) is 34.4 Å². The van der Waals surface area contributed by atoms with E-state index in [9.17, 15) is 24.3 Å². The number of halogens is 2. The number of fused-ring (bicyclic) bond motifs is 1. The van der Waals surface area contributed by atoms with Gasteiger partial charge in [0, 0.05) is 48.8 Å². The first-order chi connectivity index (χ1) is 24.1. The monoisotopic (exact) mass is 771 g/mol. The highest BCUT2D eigenvalue weighted by Crippen LogP contribution is 2.60. The molecule has 3 heterocycles. The van der Waals surface area contributed by atoms with Gasteiger partial charge in [-0.2, -0.15) is 0 Å². The Labute approximate surface area is 305 Å². The van der Waals surface area contributed by atoms with Crippen molar-refractivity contribution < 1.29 is 38.5 Å². The Morgan fingerprint density at radius 2 is 1.90 bits per heavy atom. The van der Waals surface area contributed by atoms with Crippen LogP contribution in [-0.2, 0) is 33.4 Å². The van der Waals surface area contributed by atoms with Gasteiger partial charge in [-0.1, -0.05) is 70.0 Å². The first-order valence-electron chi connectivity index (χ1n) is 16.7. The van der Waals surface area contributed by atoms with E-state index in [1.165, 1.54) is 16.9 Å². The van der Waals surface area contributed by atoms with Gasteiger partial charge >= 0.3 is 5.97 Å². The lowest BCUT2D eigenvalue weighted by Gasteiger charge is -2.37. The number of carbonyl (C=O) groups is 4. The lowest BCUT2D eigenvalue weighted by atomic mass is 9.70. The molecular formula is C37H43BrClN3O8. The fourth-order valence-electron chi connectivity index (χ4n) is 7.51. The minimum atomic E-state index is -1.36. The molecule has 2 aromatic rings. The number of alkyl halides is 1. The number of aliphatic hydroxyl groups excluding tert-OH is 1. The summed E-state index contributed by atoms with van der Waals surface area (Å²) in [4.78, 5) is 59.1. The Bertz CT molecular complexity index is 1560. The number of carbonyl (C=O) groups excluding carboxylic acids is 4. The van der Waals surface area contributed by atoms with Crippen molar-refractivity contribution in [3.05, 3.63) is 90.5 Å². The smallest absolute Gasteiger partial charge is 0.313 e. The van der Waals surface area contributed by atoms with Crippen molar-refractivity contribution in [1.82, 2.24) is 10.2 Å². The van der Waals surface area contributed by atoms with Crippen molar-refractivity contribution in [2.24, 2.45) is 11.8 Å². The van der Waals surface area contributed by atoms with Gasteiger partial charge in [0.1, 0.15) is 17.7 Å². The van der Waals surface area contributed by atoms with Crippen LogP contribution >= 0.6 is 27.5 Å². The number of ether oxygens (including phenoxy) is 3. The van der Waals surface area contributed by atoms with Crippen LogP contribution in [0.4, 0.5) is 5.69 Å². The molecule has 0 aliphatic carbocycles. The van der Waals surface area contributed by atoms with E-state index >= 15 is 0 Å². The van der Waals surface area contributed by atoms with Crippen LogP contribution in [-0.4, -0.2) is 95.7 Å². The zero-order chi connectivity index (χ0) is 36.0. The highest BCUT2D eigenvalue weighted by Gasteiger charge is 2.77. The highest BCUT2D eigenvalue weighted by atomic mass is 79.9. The molecule has 0 aromatic heterocycles. The Morgan fingerprint density at radius 1 is 1.18 bits per heavy atom. The minimum absolute atomic E-state index is 0.0416. The summed E-state index contributed by atoms with van der Waals surface area (Å²) in [7, 11) is 1.49. The molecule has 3 saturated heterocycles. The van der Waals surface area contributed by atoms with E-state index in [1.807, 2.05) is 6.07 Å². The number of hydrogen-bond acceptors (Lipinski definition) is 8. The second-order valence-electron chi connectivity index (χ2n) is 12.7. The molecule has 1 unspecified atom stereocenters. The van der Waals surface area contributed by atoms with E-state index in [1.54, 1.807) is 60.7 Å². The fourth-order valence-corrected chi connectivity index (χ4v) is 8.57. The summed E-state index contributed by atoms with van der Waals surface area (Å²) in [6.07, 6.45) is 2.68. The third-order valence-corrected chi connectivity index (χ3v) is 10.7. The second-order valence-corrected chi connectivity index (χ2v) is 14.3. The number of nitrogens with one attached hydrogen (secondary N) is 1. The van der Waals surface area contributed by atoms with Gasteiger partial charge in [-0.05, 0) is 49.1 Å². The molecule has 3 fully saturated rings. The van der Waals surface area contributed by atoms with Gasteiger partial charge < -0.3 is 34.4 Å². The second kappa shape index (κ2) is 16.6. The SMILES string of the molecule is C=CCCC(=O)N[C@H](COC)[C@H](OC(=O)[C@H]1[C@@H]2O[C@@]3(CC2Br)[C@@H]1C(=O)N(CCCO)[C@@H]3C(=O)N(CC=C)c1ccc(Cl)cc1)c1ccccc1. The number of likely N-dealkylation sites (tertiary alicyclic amines) is 1. The first kappa shape index (κ1) is 37.7. The maximum Gasteiger partial charge on any atom is 0.313 e. The maximum absolute atomic E-state index is 14.7. The lowest BCUT2D eigenvalue weighted by Crippen LogP contribution is -2.57. The average molecular weight is 773 g/mol. The maximum atomic E-state index is 14.7. The molecule has 0 saturated carbocycles. The molecule has 268 valence electrons. The molecule has 0 radical (unpaired) electrons. The van der Waals surface area contributed by atoms with Crippen LogP contribution in [0.25, 0.3) is 0 Å². The molecule has 8 atom stereocenters. The number of aliphatic hydroxyl groups is 1. The van der Waals surface area contributed by atoms with Crippen molar-refractivity contribution in [1.29, 1.82) is 0 Å².